The van der Waals surface area contributed by atoms with Gasteiger partial charge in [-0.25, -0.2) is 4.79 Å². The van der Waals surface area contributed by atoms with Gasteiger partial charge in [0.2, 0.25) is 0 Å². The highest BCUT2D eigenvalue weighted by atomic mass is 79.9. The minimum absolute atomic E-state index is 0.302. The lowest BCUT2D eigenvalue weighted by Crippen LogP contribution is -2.11. The molecule has 3 nitrogen and oxygen atoms in total. The van der Waals surface area contributed by atoms with Crippen LogP contribution in [0.4, 0.5) is 0 Å². The second kappa shape index (κ2) is 6.45. The molecule has 0 aliphatic rings. The van der Waals surface area contributed by atoms with Crippen LogP contribution in [-0.2, 0) is 9.53 Å². The van der Waals surface area contributed by atoms with Gasteiger partial charge in [0.1, 0.15) is 0 Å². The minimum Gasteiger partial charge on any atom is -0.462 e. The molecule has 1 rings (SSSR count). The van der Waals surface area contributed by atoms with Gasteiger partial charge in [-0.1, -0.05) is 28.1 Å². The van der Waals surface area contributed by atoms with Crippen molar-refractivity contribution >= 4 is 27.5 Å². The van der Waals surface area contributed by atoms with Crippen LogP contribution in [0.1, 0.15) is 12.5 Å². The zero-order valence-corrected chi connectivity index (χ0v) is 11.8. The normalized spacial score (nSPS) is 11.2. The van der Waals surface area contributed by atoms with Crippen LogP contribution in [0.2, 0.25) is 0 Å². The number of nitrogens with zero attached hydrogens (tertiary/aromatic N) is 1. The van der Waals surface area contributed by atoms with Gasteiger partial charge in [0, 0.05) is 24.8 Å². The molecule has 1 aromatic carbocycles. The summed E-state index contributed by atoms with van der Waals surface area (Å²) in [7, 11) is 3.75. The van der Waals surface area contributed by atoms with Crippen molar-refractivity contribution in [1.29, 1.82) is 0 Å². The molecule has 17 heavy (non-hydrogen) atoms. The van der Waals surface area contributed by atoms with Crippen LogP contribution in [0, 0.1) is 0 Å². The summed E-state index contributed by atoms with van der Waals surface area (Å²) in [6.07, 6.45) is 1.77. The molecule has 0 saturated heterocycles. The zero-order chi connectivity index (χ0) is 12.8. The van der Waals surface area contributed by atoms with Gasteiger partial charge >= 0.3 is 5.97 Å². The first-order chi connectivity index (χ1) is 8.04. The molecule has 92 valence electrons. The SMILES string of the molecule is CCOC(=O)C(=CN(C)C)c1ccc(Br)cc1. The summed E-state index contributed by atoms with van der Waals surface area (Å²) < 4.78 is 6.02. The fourth-order valence-electron chi connectivity index (χ4n) is 1.34. The number of hydrogen-bond donors (Lipinski definition) is 0. The monoisotopic (exact) mass is 297 g/mol. The lowest BCUT2D eigenvalue weighted by atomic mass is 10.1. The number of halogens is 1. The summed E-state index contributed by atoms with van der Waals surface area (Å²) in [6.45, 7) is 2.17. The van der Waals surface area contributed by atoms with Crippen LogP contribution in [0.25, 0.3) is 5.57 Å². The van der Waals surface area contributed by atoms with Crippen molar-refractivity contribution in [3.63, 3.8) is 0 Å². The average Bonchev–Trinajstić information content (AvgIpc) is 2.27. The van der Waals surface area contributed by atoms with E-state index in [1.54, 1.807) is 13.1 Å². The van der Waals surface area contributed by atoms with Crippen LogP contribution >= 0.6 is 15.9 Å². The first-order valence-corrected chi connectivity index (χ1v) is 6.15. The number of ether oxygens (including phenoxy) is 1. The van der Waals surface area contributed by atoms with E-state index in [4.69, 9.17) is 4.74 Å². The van der Waals surface area contributed by atoms with Gasteiger partial charge in [-0.3, -0.25) is 0 Å². The molecule has 0 aromatic heterocycles. The third-order valence-corrected chi connectivity index (χ3v) is 2.57. The molecule has 4 heteroatoms. The first-order valence-electron chi connectivity index (χ1n) is 5.36. The molecule has 0 spiro atoms. The molecular weight excluding hydrogens is 282 g/mol. The molecule has 0 amide bonds. The molecule has 0 bridgehead atoms. The molecule has 0 fully saturated rings. The fraction of sp³-hybridized carbons (Fsp3) is 0.308. The molecule has 0 unspecified atom stereocenters. The Bertz CT molecular complexity index is 410. The fourth-order valence-corrected chi connectivity index (χ4v) is 1.61. The largest absolute Gasteiger partial charge is 0.462 e. The second-order valence-corrected chi connectivity index (χ2v) is 4.65. The molecule has 0 N–H and O–H groups in total. The van der Waals surface area contributed by atoms with Crippen LogP contribution in [0.3, 0.4) is 0 Å². The Balaban J connectivity index is 3.06. The summed E-state index contributed by atoms with van der Waals surface area (Å²) in [6, 6.07) is 7.57. The number of carbonyl (C=O) groups is 1. The Morgan fingerprint density at radius 2 is 1.94 bits per heavy atom. The van der Waals surface area contributed by atoms with Gasteiger partial charge < -0.3 is 9.64 Å². The van der Waals surface area contributed by atoms with Crippen molar-refractivity contribution < 1.29 is 9.53 Å². The standard InChI is InChI=1S/C13H16BrNO2/c1-4-17-13(16)12(9-15(2)3)10-5-7-11(14)8-6-10/h5-9H,4H2,1-3H3. The lowest BCUT2D eigenvalue weighted by Gasteiger charge is -2.11. The zero-order valence-electron chi connectivity index (χ0n) is 10.2. The van der Waals surface area contributed by atoms with E-state index in [0.717, 1.165) is 10.0 Å². The van der Waals surface area contributed by atoms with Crippen LogP contribution < -0.4 is 0 Å². The van der Waals surface area contributed by atoms with Gasteiger partial charge in [-0.15, -0.1) is 0 Å². The number of benzene rings is 1. The molecule has 0 aliphatic heterocycles. The lowest BCUT2D eigenvalue weighted by molar-refractivity contribution is -0.136. The predicted molar refractivity (Wildman–Crippen MR) is 72.4 cm³/mol. The maximum atomic E-state index is 11.8. The van der Waals surface area contributed by atoms with E-state index >= 15 is 0 Å². The Labute approximate surface area is 110 Å². The molecule has 0 saturated carbocycles. The number of esters is 1. The van der Waals surface area contributed by atoms with Crippen molar-refractivity contribution in [3.8, 4) is 0 Å². The molecule has 0 aliphatic carbocycles. The Kier molecular flexibility index (Phi) is 5.22. The van der Waals surface area contributed by atoms with Gasteiger partial charge in [0.25, 0.3) is 0 Å². The molecule has 0 radical (unpaired) electrons. The quantitative estimate of drug-likeness (QED) is 0.632. The summed E-state index contributed by atoms with van der Waals surface area (Å²) >= 11 is 3.37. The van der Waals surface area contributed by atoms with Gasteiger partial charge in [0.05, 0.1) is 12.2 Å². The third kappa shape index (κ3) is 4.23. The minimum atomic E-state index is -0.302. The highest BCUT2D eigenvalue weighted by Crippen LogP contribution is 2.19. The molecule has 0 atom stereocenters. The summed E-state index contributed by atoms with van der Waals surface area (Å²) in [4.78, 5) is 13.7. The van der Waals surface area contributed by atoms with E-state index in [1.165, 1.54) is 0 Å². The summed E-state index contributed by atoms with van der Waals surface area (Å²) in [5, 5.41) is 0. The molecule has 1 aromatic rings. The highest BCUT2D eigenvalue weighted by molar-refractivity contribution is 9.10. The van der Waals surface area contributed by atoms with Crippen molar-refractivity contribution in [1.82, 2.24) is 4.90 Å². The van der Waals surface area contributed by atoms with Crippen molar-refractivity contribution in [3.05, 3.63) is 40.5 Å². The maximum Gasteiger partial charge on any atom is 0.340 e. The van der Waals surface area contributed by atoms with Gasteiger partial charge in [-0.2, -0.15) is 0 Å². The van der Waals surface area contributed by atoms with E-state index in [-0.39, 0.29) is 5.97 Å². The summed E-state index contributed by atoms with van der Waals surface area (Å²) in [5.74, 6) is -0.302. The number of hydrogen-bond acceptors (Lipinski definition) is 3. The van der Waals surface area contributed by atoms with Crippen molar-refractivity contribution in [2.24, 2.45) is 0 Å². The Hall–Kier alpha value is -1.29. The predicted octanol–water partition coefficient (Wildman–Crippen LogP) is 2.91. The van der Waals surface area contributed by atoms with E-state index in [2.05, 4.69) is 15.9 Å². The summed E-state index contributed by atoms with van der Waals surface area (Å²) in [5.41, 5.74) is 1.41. The first kappa shape index (κ1) is 13.8. The Morgan fingerprint density at radius 3 is 2.41 bits per heavy atom. The number of carbonyl (C=O) groups excluding carboxylic acids is 1. The van der Waals surface area contributed by atoms with Crippen LogP contribution in [0.5, 0.6) is 0 Å². The van der Waals surface area contributed by atoms with E-state index < -0.39 is 0 Å². The van der Waals surface area contributed by atoms with E-state index in [0.29, 0.717) is 12.2 Å². The number of rotatable bonds is 4. The van der Waals surface area contributed by atoms with Crippen molar-refractivity contribution in [2.75, 3.05) is 20.7 Å². The van der Waals surface area contributed by atoms with Gasteiger partial charge in [0.15, 0.2) is 0 Å². The third-order valence-electron chi connectivity index (χ3n) is 2.04. The smallest absolute Gasteiger partial charge is 0.340 e. The highest BCUT2D eigenvalue weighted by Gasteiger charge is 2.13. The van der Waals surface area contributed by atoms with E-state index in [9.17, 15) is 4.79 Å². The topological polar surface area (TPSA) is 29.5 Å². The van der Waals surface area contributed by atoms with Crippen LogP contribution in [0.15, 0.2) is 34.9 Å². The average molecular weight is 298 g/mol. The van der Waals surface area contributed by atoms with Crippen molar-refractivity contribution in [2.45, 2.75) is 6.92 Å². The Morgan fingerprint density at radius 1 is 1.35 bits per heavy atom. The second-order valence-electron chi connectivity index (χ2n) is 3.73. The van der Waals surface area contributed by atoms with E-state index in [1.807, 2.05) is 43.3 Å². The van der Waals surface area contributed by atoms with Gasteiger partial charge in [-0.05, 0) is 24.6 Å². The molecular formula is C13H16BrNO2. The molecule has 0 heterocycles. The maximum absolute atomic E-state index is 11.8. The van der Waals surface area contributed by atoms with Crippen LogP contribution in [-0.4, -0.2) is 31.6 Å².